The van der Waals surface area contributed by atoms with Crippen LogP contribution in [0.3, 0.4) is 0 Å². The van der Waals surface area contributed by atoms with Gasteiger partial charge in [-0.05, 0) is 36.8 Å². The lowest BCUT2D eigenvalue weighted by molar-refractivity contribution is 0.0698. The fourth-order valence-corrected chi connectivity index (χ4v) is 3.24. The van der Waals surface area contributed by atoms with Crippen molar-refractivity contribution in [1.82, 2.24) is 0 Å². The maximum atomic E-state index is 13.8. The van der Waals surface area contributed by atoms with E-state index < -0.39 is 26.7 Å². The van der Waals surface area contributed by atoms with E-state index in [4.69, 9.17) is 16.7 Å². The zero-order chi connectivity index (χ0) is 16.5. The lowest BCUT2D eigenvalue weighted by Gasteiger charge is -2.13. The van der Waals surface area contributed by atoms with Gasteiger partial charge in [-0.25, -0.2) is 17.6 Å². The highest BCUT2D eigenvalue weighted by molar-refractivity contribution is 7.92. The normalized spacial score (nSPS) is 11.2. The van der Waals surface area contributed by atoms with Gasteiger partial charge in [0.2, 0.25) is 0 Å². The van der Waals surface area contributed by atoms with Gasteiger partial charge in [0.05, 0.1) is 11.3 Å². The predicted octanol–water partition coefficient (Wildman–Crippen LogP) is 3.29. The van der Waals surface area contributed by atoms with Crippen molar-refractivity contribution in [2.24, 2.45) is 0 Å². The number of carboxylic acid groups (broad SMARTS) is 1. The van der Waals surface area contributed by atoms with Crippen LogP contribution in [-0.4, -0.2) is 19.5 Å². The summed E-state index contributed by atoms with van der Waals surface area (Å²) in [5.74, 6) is -2.32. The van der Waals surface area contributed by atoms with Gasteiger partial charge in [-0.1, -0.05) is 23.7 Å². The van der Waals surface area contributed by atoms with E-state index in [1.807, 2.05) is 0 Å². The molecule has 0 heterocycles. The van der Waals surface area contributed by atoms with Crippen LogP contribution in [0.4, 0.5) is 10.1 Å². The quantitative estimate of drug-likeness (QED) is 0.892. The fraction of sp³-hybridized carbons (Fsp3) is 0.0714. The van der Waals surface area contributed by atoms with Crippen LogP contribution < -0.4 is 4.72 Å². The van der Waals surface area contributed by atoms with Crippen LogP contribution in [0, 0.1) is 12.7 Å². The number of para-hydroxylation sites is 1. The largest absolute Gasteiger partial charge is 0.478 e. The number of sulfonamides is 1. The van der Waals surface area contributed by atoms with E-state index in [2.05, 4.69) is 4.72 Å². The number of aromatic carboxylic acids is 1. The van der Waals surface area contributed by atoms with E-state index in [0.29, 0.717) is 5.56 Å². The van der Waals surface area contributed by atoms with Crippen LogP contribution in [0.1, 0.15) is 15.9 Å². The van der Waals surface area contributed by atoms with Crippen molar-refractivity contribution in [3.63, 3.8) is 0 Å². The first-order chi connectivity index (χ1) is 10.2. The first-order valence-electron chi connectivity index (χ1n) is 6.03. The Morgan fingerprint density at radius 3 is 2.55 bits per heavy atom. The molecule has 0 radical (unpaired) electrons. The van der Waals surface area contributed by atoms with Crippen molar-refractivity contribution in [2.45, 2.75) is 11.8 Å². The molecule has 0 aliphatic carbocycles. The number of halogens is 2. The van der Waals surface area contributed by atoms with E-state index in [-0.39, 0.29) is 16.3 Å². The van der Waals surface area contributed by atoms with Crippen molar-refractivity contribution in [3.8, 4) is 0 Å². The van der Waals surface area contributed by atoms with Crippen molar-refractivity contribution in [1.29, 1.82) is 0 Å². The summed E-state index contributed by atoms with van der Waals surface area (Å²) in [6.45, 7) is 1.54. The molecular weight excluding hydrogens is 333 g/mol. The summed E-state index contributed by atoms with van der Waals surface area (Å²) >= 11 is 5.59. The Labute approximate surface area is 131 Å². The maximum absolute atomic E-state index is 13.8. The second-order valence-electron chi connectivity index (χ2n) is 4.48. The van der Waals surface area contributed by atoms with Gasteiger partial charge < -0.3 is 5.11 Å². The van der Waals surface area contributed by atoms with E-state index in [1.54, 1.807) is 13.0 Å². The number of hydrogen-bond acceptors (Lipinski definition) is 3. The lowest BCUT2D eigenvalue weighted by atomic mass is 10.1. The maximum Gasteiger partial charge on any atom is 0.337 e. The Balaban J connectivity index is 2.52. The second kappa shape index (κ2) is 5.94. The van der Waals surface area contributed by atoms with Crippen molar-refractivity contribution >= 4 is 33.3 Å². The third-order valence-corrected chi connectivity index (χ3v) is 4.54. The number of carboxylic acids is 1. The number of anilines is 1. The Morgan fingerprint density at radius 1 is 1.27 bits per heavy atom. The third kappa shape index (κ3) is 3.20. The average molecular weight is 344 g/mol. The fourth-order valence-electron chi connectivity index (χ4n) is 1.86. The zero-order valence-electron chi connectivity index (χ0n) is 11.3. The topological polar surface area (TPSA) is 83.5 Å². The molecule has 0 atom stereocenters. The van der Waals surface area contributed by atoms with Crippen LogP contribution in [-0.2, 0) is 10.0 Å². The molecule has 116 valence electrons. The number of nitrogens with one attached hydrogen (secondary N) is 1. The highest BCUT2D eigenvalue weighted by Gasteiger charge is 2.23. The second-order valence-corrected chi connectivity index (χ2v) is 6.57. The van der Waals surface area contributed by atoms with E-state index in [0.717, 1.165) is 12.1 Å². The summed E-state index contributed by atoms with van der Waals surface area (Å²) in [5.41, 5.74) is 0.0696. The van der Waals surface area contributed by atoms with Crippen LogP contribution in [0.15, 0.2) is 41.3 Å². The molecule has 0 aromatic heterocycles. The van der Waals surface area contributed by atoms with E-state index in [1.165, 1.54) is 18.2 Å². The minimum absolute atomic E-state index is 0.0542. The SMILES string of the molecule is Cc1cccc(C(=O)O)c1NS(=O)(=O)c1ccc(Cl)cc1F. The molecule has 2 aromatic carbocycles. The molecule has 0 unspecified atom stereocenters. The molecule has 2 N–H and O–H groups in total. The zero-order valence-corrected chi connectivity index (χ0v) is 12.9. The number of benzene rings is 2. The summed E-state index contributed by atoms with van der Waals surface area (Å²) in [5, 5.41) is 9.18. The van der Waals surface area contributed by atoms with Gasteiger partial charge in [0.25, 0.3) is 10.0 Å². The molecular formula is C14H11ClFNO4S. The molecule has 22 heavy (non-hydrogen) atoms. The molecule has 0 fully saturated rings. The minimum Gasteiger partial charge on any atom is -0.478 e. The molecule has 0 aliphatic heterocycles. The Bertz CT molecular complexity index is 852. The molecule has 0 saturated heterocycles. The highest BCUT2D eigenvalue weighted by Crippen LogP contribution is 2.26. The molecule has 0 amide bonds. The van der Waals surface area contributed by atoms with Gasteiger partial charge in [-0.3, -0.25) is 4.72 Å². The molecule has 0 aliphatic rings. The number of carbonyl (C=O) groups is 1. The van der Waals surface area contributed by atoms with Crippen LogP contribution in [0.5, 0.6) is 0 Å². The molecule has 5 nitrogen and oxygen atoms in total. The Morgan fingerprint density at radius 2 is 1.95 bits per heavy atom. The first kappa shape index (κ1) is 16.3. The van der Waals surface area contributed by atoms with Gasteiger partial charge in [-0.15, -0.1) is 0 Å². The van der Waals surface area contributed by atoms with Crippen molar-refractivity contribution in [2.75, 3.05) is 4.72 Å². The molecule has 8 heteroatoms. The van der Waals surface area contributed by atoms with Crippen molar-refractivity contribution < 1.29 is 22.7 Å². The van der Waals surface area contributed by atoms with E-state index in [9.17, 15) is 17.6 Å². The smallest absolute Gasteiger partial charge is 0.337 e. The van der Waals surface area contributed by atoms with Gasteiger partial charge in [0, 0.05) is 5.02 Å². The number of rotatable bonds is 4. The standard InChI is InChI=1S/C14H11ClFNO4S/c1-8-3-2-4-10(14(18)19)13(8)17-22(20,21)12-6-5-9(15)7-11(12)16/h2-7,17H,1H3,(H,18,19). The summed E-state index contributed by atoms with van der Waals surface area (Å²) < 4.78 is 40.5. The summed E-state index contributed by atoms with van der Waals surface area (Å²) in [4.78, 5) is 10.6. The number of aryl methyl sites for hydroxylation is 1. The third-order valence-electron chi connectivity index (χ3n) is 2.92. The Hall–Kier alpha value is -2.12. The molecule has 0 saturated carbocycles. The first-order valence-corrected chi connectivity index (χ1v) is 7.89. The van der Waals surface area contributed by atoms with Crippen molar-refractivity contribution in [3.05, 3.63) is 58.4 Å². The van der Waals surface area contributed by atoms with Gasteiger partial charge >= 0.3 is 5.97 Å². The van der Waals surface area contributed by atoms with Gasteiger partial charge in [-0.2, -0.15) is 0 Å². The summed E-state index contributed by atoms with van der Waals surface area (Å²) in [7, 11) is -4.29. The van der Waals surface area contributed by atoms with Crippen LogP contribution in [0.25, 0.3) is 0 Å². The molecule has 2 rings (SSSR count). The lowest BCUT2D eigenvalue weighted by Crippen LogP contribution is -2.17. The minimum atomic E-state index is -4.29. The molecule has 2 aromatic rings. The molecule has 0 spiro atoms. The average Bonchev–Trinajstić information content (AvgIpc) is 2.40. The van der Waals surface area contributed by atoms with Crippen LogP contribution >= 0.6 is 11.6 Å². The molecule has 0 bridgehead atoms. The summed E-state index contributed by atoms with van der Waals surface area (Å²) in [6, 6.07) is 7.40. The van der Waals surface area contributed by atoms with Gasteiger partial charge in [0.15, 0.2) is 0 Å². The predicted molar refractivity (Wildman–Crippen MR) is 80.4 cm³/mol. The number of hydrogen-bond donors (Lipinski definition) is 2. The summed E-state index contributed by atoms with van der Waals surface area (Å²) in [6.07, 6.45) is 0. The van der Waals surface area contributed by atoms with E-state index >= 15 is 0 Å². The van der Waals surface area contributed by atoms with Gasteiger partial charge in [0.1, 0.15) is 10.7 Å². The monoisotopic (exact) mass is 343 g/mol. The highest BCUT2D eigenvalue weighted by atomic mass is 35.5. The Kier molecular flexibility index (Phi) is 4.39. The van der Waals surface area contributed by atoms with Crippen LogP contribution in [0.2, 0.25) is 5.02 Å².